The van der Waals surface area contributed by atoms with E-state index in [4.69, 9.17) is 40.8 Å². The van der Waals surface area contributed by atoms with Gasteiger partial charge in [0.25, 0.3) is 0 Å². The van der Waals surface area contributed by atoms with Crippen molar-refractivity contribution in [1.29, 1.82) is 0 Å². The Balaban J connectivity index is 0.800. The third-order valence-electron chi connectivity index (χ3n) is 17.5. The largest absolute Gasteiger partial charge is 0.425 e. The summed E-state index contributed by atoms with van der Waals surface area (Å²) in [5.74, 6) is 12.7. The van der Waals surface area contributed by atoms with Gasteiger partial charge in [0.15, 0.2) is 0 Å². The summed E-state index contributed by atoms with van der Waals surface area (Å²) >= 11 is 6.32. The molecule has 1 saturated heterocycles. The normalized spacial score (nSPS) is 45.0. The number of hydrogen-bond acceptors (Lipinski definition) is 7. The number of halogens is 1. The van der Waals surface area contributed by atoms with Crippen molar-refractivity contribution >= 4 is 11.6 Å². The molecule has 8 aliphatic rings. The lowest BCUT2D eigenvalue weighted by Gasteiger charge is -2.40. The molecule has 0 aromatic carbocycles. The van der Waals surface area contributed by atoms with Gasteiger partial charge in [-0.3, -0.25) is 4.90 Å². The molecule has 7 aliphatic carbocycles. The highest BCUT2D eigenvalue weighted by molar-refractivity contribution is 6.18. The summed E-state index contributed by atoms with van der Waals surface area (Å²) in [5, 5.41) is 19.2. The second-order valence-electron chi connectivity index (χ2n) is 19.8. The maximum atomic E-state index is 6.73. The van der Waals surface area contributed by atoms with E-state index in [0.717, 1.165) is 83.5 Å². The van der Waals surface area contributed by atoms with Crippen molar-refractivity contribution in [2.45, 2.75) is 178 Å². The Kier molecular flexibility index (Phi) is 9.13. The first-order chi connectivity index (χ1) is 25.0. The van der Waals surface area contributed by atoms with Gasteiger partial charge in [-0.15, -0.1) is 32.0 Å². The van der Waals surface area contributed by atoms with E-state index in [2.05, 4.69) is 18.7 Å². The van der Waals surface area contributed by atoms with Crippen molar-refractivity contribution < 1.29 is 8.83 Å². The lowest BCUT2D eigenvalue weighted by Crippen LogP contribution is -2.41. The standard InChI is InChI=1S/C43H64ClN5O2/c1-43(2)35-23-27(40-46-45-39(50-40)26-16-19-38-34(22-26)32-11-5-6-13-37(32)49(38)21-20-44)14-17-30(35)31-18-15-28(24-36(31)43)41-47-48-42(51-41)33-12-7-9-25-8-3-4-10-29(25)33/h25-38H,3-24H2,1-2H3. The summed E-state index contributed by atoms with van der Waals surface area (Å²) < 4.78 is 13.4. The number of aromatic nitrogens is 4. The molecule has 280 valence electrons. The summed E-state index contributed by atoms with van der Waals surface area (Å²) in [6, 6.07) is 1.46. The molecular weight excluding hydrogens is 654 g/mol. The third kappa shape index (κ3) is 5.81. The SMILES string of the molecule is CC1(C)C2CC(c3nnc(C4CCC5C(C4)C4CCCCC4N5CCCl)o3)CCC2C2CCC(c3nnc(C4CCCC5CCCCC54)o3)CC21. The van der Waals surface area contributed by atoms with Crippen LogP contribution in [0.25, 0.3) is 0 Å². The molecular formula is C43H64ClN5O2. The molecule has 51 heavy (non-hydrogen) atoms. The van der Waals surface area contributed by atoms with Gasteiger partial charge in [0.05, 0.1) is 0 Å². The highest BCUT2D eigenvalue weighted by atomic mass is 35.5. The van der Waals surface area contributed by atoms with Gasteiger partial charge < -0.3 is 8.83 Å². The second-order valence-corrected chi connectivity index (χ2v) is 20.1. The molecule has 0 bridgehead atoms. The Morgan fingerprint density at radius 2 is 1.10 bits per heavy atom. The Labute approximate surface area is 311 Å². The summed E-state index contributed by atoms with van der Waals surface area (Å²) in [5.41, 5.74) is 0.295. The van der Waals surface area contributed by atoms with Crippen LogP contribution in [0.15, 0.2) is 8.83 Å². The van der Waals surface area contributed by atoms with Crippen LogP contribution in [0.4, 0.5) is 0 Å². The molecule has 8 fully saturated rings. The molecule has 7 nitrogen and oxygen atoms in total. The van der Waals surface area contributed by atoms with E-state index in [1.165, 1.54) is 128 Å². The summed E-state index contributed by atoms with van der Waals surface area (Å²) in [4.78, 5) is 2.82. The Hall–Kier alpha value is -1.47. The van der Waals surface area contributed by atoms with E-state index >= 15 is 0 Å². The highest BCUT2D eigenvalue weighted by Crippen LogP contribution is 2.66. The number of fused-ring (bicyclic) bond motifs is 7. The first-order valence-electron chi connectivity index (χ1n) is 22.0. The van der Waals surface area contributed by atoms with Gasteiger partial charge in [0.1, 0.15) is 0 Å². The van der Waals surface area contributed by atoms with Gasteiger partial charge >= 0.3 is 0 Å². The van der Waals surface area contributed by atoms with Gasteiger partial charge in [0.2, 0.25) is 23.6 Å². The lowest BCUT2D eigenvalue weighted by atomic mass is 9.65. The van der Waals surface area contributed by atoms with Gasteiger partial charge in [-0.05, 0) is 136 Å². The van der Waals surface area contributed by atoms with Crippen LogP contribution in [-0.2, 0) is 0 Å². The molecule has 8 heteroatoms. The average molecular weight is 718 g/mol. The molecule has 14 atom stereocenters. The number of likely N-dealkylation sites (tertiary alicyclic amines) is 1. The van der Waals surface area contributed by atoms with Gasteiger partial charge in [0, 0.05) is 48.2 Å². The minimum Gasteiger partial charge on any atom is -0.425 e. The van der Waals surface area contributed by atoms with E-state index < -0.39 is 0 Å². The zero-order chi connectivity index (χ0) is 34.3. The van der Waals surface area contributed by atoms with Crippen molar-refractivity contribution in [1.82, 2.24) is 25.3 Å². The molecule has 3 heterocycles. The van der Waals surface area contributed by atoms with E-state index in [9.17, 15) is 0 Å². The molecule has 0 N–H and O–H groups in total. The fraction of sp³-hybridized carbons (Fsp3) is 0.907. The van der Waals surface area contributed by atoms with Crippen molar-refractivity contribution in [3.8, 4) is 0 Å². The van der Waals surface area contributed by atoms with Crippen LogP contribution >= 0.6 is 11.6 Å². The van der Waals surface area contributed by atoms with Crippen LogP contribution in [0, 0.1) is 52.8 Å². The Morgan fingerprint density at radius 1 is 0.549 bits per heavy atom. The summed E-state index contributed by atoms with van der Waals surface area (Å²) in [7, 11) is 0. The average Bonchev–Trinajstić information content (AvgIpc) is 3.96. The zero-order valence-corrected chi connectivity index (χ0v) is 32.3. The fourth-order valence-corrected chi connectivity index (χ4v) is 15.4. The Morgan fingerprint density at radius 3 is 1.80 bits per heavy atom. The lowest BCUT2D eigenvalue weighted by molar-refractivity contribution is 0.103. The predicted octanol–water partition coefficient (Wildman–Crippen LogP) is 10.6. The third-order valence-corrected chi connectivity index (χ3v) is 17.7. The monoisotopic (exact) mass is 717 g/mol. The minimum absolute atomic E-state index is 0.295. The molecule has 0 spiro atoms. The molecule has 0 radical (unpaired) electrons. The predicted molar refractivity (Wildman–Crippen MR) is 199 cm³/mol. The molecule has 7 saturated carbocycles. The maximum absolute atomic E-state index is 6.73. The fourth-order valence-electron chi connectivity index (χ4n) is 15.2. The van der Waals surface area contributed by atoms with Gasteiger partial charge in [-0.1, -0.05) is 58.8 Å². The molecule has 0 amide bonds. The molecule has 14 unspecified atom stereocenters. The van der Waals surface area contributed by atoms with E-state index in [0.29, 0.717) is 41.0 Å². The second kappa shape index (κ2) is 13.7. The van der Waals surface area contributed by atoms with Crippen molar-refractivity contribution in [2.24, 2.45) is 52.8 Å². The topological polar surface area (TPSA) is 81.1 Å². The van der Waals surface area contributed by atoms with Gasteiger partial charge in [-0.2, -0.15) is 0 Å². The molecule has 2 aromatic rings. The maximum Gasteiger partial charge on any atom is 0.219 e. The molecule has 1 aliphatic heterocycles. The summed E-state index contributed by atoms with van der Waals surface area (Å²) in [6.45, 7) is 6.24. The number of rotatable bonds is 6. The van der Waals surface area contributed by atoms with E-state index in [1.54, 1.807) is 0 Å². The number of alkyl halides is 1. The zero-order valence-electron chi connectivity index (χ0n) is 31.6. The number of nitrogens with zero attached hydrogens (tertiary/aromatic N) is 5. The van der Waals surface area contributed by atoms with Crippen LogP contribution in [0.3, 0.4) is 0 Å². The quantitative estimate of drug-likeness (QED) is 0.275. The van der Waals surface area contributed by atoms with E-state index in [1.807, 2.05) is 0 Å². The summed E-state index contributed by atoms with van der Waals surface area (Å²) in [6.07, 6.45) is 26.2. The highest BCUT2D eigenvalue weighted by Gasteiger charge is 2.59. The van der Waals surface area contributed by atoms with Crippen LogP contribution in [0.2, 0.25) is 0 Å². The van der Waals surface area contributed by atoms with Crippen LogP contribution < -0.4 is 0 Å². The first-order valence-corrected chi connectivity index (χ1v) is 22.5. The van der Waals surface area contributed by atoms with E-state index in [-0.39, 0.29) is 0 Å². The van der Waals surface area contributed by atoms with Crippen LogP contribution in [0.5, 0.6) is 0 Å². The van der Waals surface area contributed by atoms with Crippen molar-refractivity contribution in [3.05, 3.63) is 23.6 Å². The first kappa shape index (κ1) is 34.1. The van der Waals surface area contributed by atoms with Gasteiger partial charge in [-0.25, -0.2) is 0 Å². The number of hydrogen-bond donors (Lipinski definition) is 0. The minimum atomic E-state index is 0.295. The van der Waals surface area contributed by atoms with Crippen LogP contribution in [-0.4, -0.2) is 49.8 Å². The van der Waals surface area contributed by atoms with Crippen molar-refractivity contribution in [3.63, 3.8) is 0 Å². The Bertz CT molecular complexity index is 1520. The molecule has 2 aromatic heterocycles. The molecule has 10 rings (SSSR count). The van der Waals surface area contributed by atoms with Crippen LogP contribution in [0.1, 0.15) is 189 Å². The smallest absolute Gasteiger partial charge is 0.219 e. The van der Waals surface area contributed by atoms with Crippen molar-refractivity contribution in [2.75, 3.05) is 12.4 Å².